The van der Waals surface area contributed by atoms with Crippen LogP contribution in [0, 0.1) is 11.8 Å². The Morgan fingerprint density at radius 3 is 2.82 bits per heavy atom. The molecule has 0 atom stereocenters. The van der Waals surface area contributed by atoms with Gasteiger partial charge in [0, 0.05) is 29.3 Å². The van der Waals surface area contributed by atoms with E-state index in [9.17, 15) is 5.11 Å². The summed E-state index contributed by atoms with van der Waals surface area (Å²) in [5, 5.41) is 10.2. The summed E-state index contributed by atoms with van der Waals surface area (Å²) < 4.78 is 3.13. The van der Waals surface area contributed by atoms with Crippen molar-refractivity contribution >= 4 is 34.1 Å². The van der Waals surface area contributed by atoms with Crippen LogP contribution in [-0.2, 0) is 0 Å². The van der Waals surface area contributed by atoms with Crippen molar-refractivity contribution in [3.63, 3.8) is 0 Å². The number of rotatable bonds is 1. The lowest BCUT2D eigenvalue weighted by atomic mass is 10.2. The van der Waals surface area contributed by atoms with E-state index in [2.05, 4.69) is 21.6 Å². The molecule has 0 saturated carbocycles. The second kappa shape index (κ2) is 6.29. The van der Waals surface area contributed by atoms with Gasteiger partial charge in [-0.05, 0) is 48.6 Å². The minimum Gasteiger partial charge on any atom is -0.508 e. The Morgan fingerprint density at radius 1 is 1.18 bits per heavy atom. The standard InChI is InChI=1S/C17H13N3OS/c18-13-7-5-12(6-8-13)3-1-2-4-17-19-15-10-9-14(21)11-16(15)20-22-17/h2,4-11,20-21H,18H2/b4-2+. The number of anilines is 2. The summed E-state index contributed by atoms with van der Waals surface area (Å²) in [5.74, 6) is 6.21. The predicted octanol–water partition coefficient (Wildman–Crippen LogP) is 3.69. The maximum absolute atomic E-state index is 9.42. The molecule has 3 rings (SSSR count). The largest absolute Gasteiger partial charge is 0.508 e. The molecule has 0 radical (unpaired) electrons. The molecule has 4 nitrogen and oxygen atoms in total. The zero-order chi connectivity index (χ0) is 15.4. The van der Waals surface area contributed by atoms with Gasteiger partial charge < -0.3 is 15.6 Å². The highest BCUT2D eigenvalue weighted by atomic mass is 32.2. The topological polar surface area (TPSA) is 70.6 Å². The van der Waals surface area contributed by atoms with Gasteiger partial charge in [-0.2, -0.15) is 0 Å². The van der Waals surface area contributed by atoms with E-state index in [0.717, 1.165) is 27.7 Å². The minimum atomic E-state index is 0.218. The third-order valence-electron chi connectivity index (χ3n) is 2.91. The molecule has 0 aromatic heterocycles. The van der Waals surface area contributed by atoms with Crippen LogP contribution in [-0.4, -0.2) is 10.2 Å². The van der Waals surface area contributed by atoms with Crippen LogP contribution in [0.5, 0.6) is 5.75 Å². The molecule has 108 valence electrons. The maximum atomic E-state index is 9.42. The average molecular weight is 307 g/mol. The van der Waals surface area contributed by atoms with Crippen LogP contribution in [0.15, 0.2) is 59.6 Å². The van der Waals surface area contributed by atoms with Crippen molar-refractivity contribution in [1.29, 1.82) is 0 Å². The van der Waals surface area contributed by atoms with E-state index in [1.807, 2.05) is 30.3 Å². The lowest BCUT2D eigenvalue weighted by Gasteiger charge is -2.14. The van der Waals surface area contributed by atoms with Crippen LogP contribution in [0.4, 0.5) is 17.1 Å². The molecule has 1 heterocycles. The van der Waals surface area contributed by atoms with E-state index < -0.39 is 0 Å². The summed E-state index contributed by atoms with van der Waals surface area (Å²) in [6.45, 7) is 0. The number of nitrogens with zero attached hydrogens (tertiary/aromatic N) is 1. The number of allylic oxidation sites excluding steroid dienone is 1. The highest BCUT2D eigenvalue weighted by molar-refractivity contribution is 8.15. The molecule has 22 heavy (non-hydrogen) atoms. The number of nitrogens with two attached hydrogens (primary N) is 1. The third kappa shape index (κ3) is 3.43. The summed E-state index contributed by atoms with van der Waals surface area (Å²) in [6.07, 6.45) is 3.60. The first-order valence-corrected chi connectivity index (χ1v) is 7.40. The fourth-order valence-electron chi connectivity index (χ4n) is 1.83. The molecule has 0 bridgehead atoms. The SMILES string of the molecule is Nc1ccc(C#C/C=C/C2=Nc3ccc(O)cc3NS2)cc1. The quantitative estimate of drug-likeness (QED) is 0.427. The average Bonchev–Trinajstić information content (AvgIpc) is 2.53. The third-order valence-corrected chi connectivity index (χ3v) is 3.67. The molecule has 2 aromatic rings. The summed E-state index contributed by atoms with van der Waals surface area (Å²) in [6, 6.07) is 12.4. The monoisotopic (exact) mass is 307 g/mol. The molecule has 0 unspecified atom stereocenters. The first-order valence-electron chi connectivity index (χ1n) is 6.59. The molecular weight excluding hydrogens is 294 g/mol. The number of nitrogen functional groups attached to an aromatic ring is 1. The van der Waals surface area contributed by atoms with Gasteiger partial charge in [-0.3, -0.25) is 0 Å². The number of phenolic OH excluding ortho intramolecular Hbond substituents is 1. The zero-order valence-corrected chi connectivity index (χ0v) is 12.4. The highest BCUT2D eigenvalue weighted by Gasteiger charge is 2.10. The van der Waals surface area contributed by atoms with Crippen molar-refractivity contribution < 1.29 is 5.11 Å². The second-order valence-corrected chi connectivity index (χ2v) is 5.41. The number of nitrogens with one attached hydrogen (secondary N) is 1. The Labute approximate surface area is 132 Å². The van der Waals surface area contributed by atoms with Crippen LogP contribution < -0.4 is 10.5 Å². The van der Waals surface area contributed by atoms with Gasteiger partial charge in [-0.25, -0.2) is 4.99 Å². The van der Waals surface area contributed by atoms with Crippen molar-refractivity contribution in [1.82, 2.24) is 0 Å². The lowest BCUT2D eigenvalue weighted by Crippen LogP contribution is -1.99. The van der Waals surface area contributed by atoms with Gasteiger partial charge in [0.2, 0.25) is 0 Å². The van der Waals surface area contributed by atoms with Gasteiger partial charge in [-0.15, -0.1) is 0 Å². The Balaban J connectivity index is 1.71. The fraction of sp³-hybridized carbons (Fsp3) is 0. The molecule has 0 aliphatic carbocycles. The molecule has 0 spiro atoms. The summed E-state index contributed by atoms with van der Waals surface area (Å²) in [5.41, 5.74) is 8.86. The van der Waals surface area contributed by atoms with E-state index >= 15 is 0 Å². The van der Waals surface area contributed by atoms with E-state index in [0.29, 0.717) is 0 Å². The van der Waals surface area contributed by atoms with Crippen LogP contribution in [0.3, 0.4) is 0 Å². The normalized spacial score (nSPS) is 12.8. The number of hydrogen-bond donors (Lipinski definition) is 3. The zero-order valence-electron chi connectivity index (χ0n) is 11.6. The van der Waals surface area contributed by atoms with Crippen LogP contribution in [0.1, 0.15) is 5.56 Å². The Kier molecular flexibility index (Phi) is 4.03. The number of phenols is 1. The number of benzene rings is 2. The molecule has 1 aliphatic rings. The molecule has 5 heteroatoms. The summed E-state index contributed by atoms with van der Waals surface area (Å²) in [4.78, 5) is 4.48. The molecule has 1 aliphatic heterocycles. The van der Waals surface area contributed by atoms with Crippen molar-refractivity contribution in [2.75, 3.05) is 10.5 Å². The molecule has 0 saturated heterocycles. The number of aromatic hydroxyl groups is 1. The smallest absolute Gasteiger partial charge is 0.118 e. The number of hydrogen-bond acceptors (Lipinski definition) is 5. The summed E-state index contributed by atoms with van der Waals surface area (Å²) >= 11 is 1.38. The van der Waals surface area contributed by atoms with Gasteiger partial charge in [0.25, 0.3) is 0 Å². The Hall–Kier alpha value is -2.84. The van der Waals surface area contributed by atoms with Crippen molar-refractivity contribution in [3.05, 3.63) is 60.2 Å². The first-order chi connectivity index (χ1) is 10.7. The highest BCUT2D eigenvalue weighted by Crippen LogP contribution is 2.35. The van der Waals surface area contributed by atoms with Crippen LogP contribution in [0.25, 0.3) is 0 Å². The van der Waals surface area contributed by atoms with Gasteiger partial charge in [0.15, 0.2) is 0 Å². The van der Waals surface area contributed by atoms with Gasteiger partial charge >= 0.3 is 0 Å². The van der Waals surface area contributed by atoms with Crippen molar-refractivity contribution in [3.8, 4) is 17.6 Å². The van der Waals surface area contributed by atoms with E-state index in [1.165, 1.54) is 11.9 Å². The molecule has 0 fully saturated rings. The minimum absolute atomic E-state index is 0.218. The molecule has 4 N–H and O–H groups in total. The molecule has 0 amide bonds. The predicted molar refractivity (Wildman–Crippen MR) is 93.3 cm³/mol. The van der Waals surface area contributed by atoms with Crippen molar-refractivity contribution in [2.24, 2.45) is 4.99 Å². The molecule has 2 aromatic carbocycles. The van der Waals surface area contributed by atoms with Crippen molar-refractivity contribution in [2.45, 2.75) is 0 Å². The Bertz CT molecular complexity index is 814. The van der Waals surface area contributed by atoms with Gasteiger partial charge in [-0.1, -0.05) is 11.8 Å². The lowest BCUT2D eigenvalue weighted by molar-refractivity contribution is 0.475. The van der Waals surface area contributed by atoms with Gasteiger partial charge in [0.1, 0.15) is 10.8 Å². The fourth-order valence-corrected chi connectivity index (χ4v) is 2.49. The number of fused-ring (bicyclic) bond motifs is 1. The van der Waals surface area contributed by atoms with E-state index in [4.69, 9.17) is 5.73 Å². The number of aliphatic imine (C=N–C) groups is 1. The van der Waals surface area contributed by atoms with E-state index in [1.54, 1.807) is 24.3 Å². The van der Waals surface area contributed by atoms with Gasteiger partial charge in [0.05, 0.1) is 11.4 Å². The Morgan fingerprint density at radius 2 is 2.00 bits per heavy atom. The first kappa shape index (κ1) is 14.1. The van der Waals surface area contributed by atoms with E-state index in [-0.39, 0.29) is 5.75 Å². The maximum Gasteiger partial charge on any atom is 0.118 e. The van der Waals surface area contributed by atoms with Crippen LogP contribution >= 0.6 is 11.9 Å². The second-order valence-electron chi connectivity index (χ2n) is 4.58. The van der Waals surface area contributed by atoms with Crippen LogP contribution in [0.2, 0.25) is 0 Å². The summed E-state index contributed by atoms with van der Waals surface area (Å²) in [7, 11) is 0. The molecular formula is C17H13N3OS.